The maximum Gasteiger partial charge on any atom is 0.233 e. The van der Waals surface area contributed by atoms with Crippen molar-refractivity contribution in [1.82, 2.24) is 4.90 Å². The van der Waals surface area contributed by atoms with Crippen molar-refractivity contribution in [3.63, 3.8) is 0 Å². The molecule has 0 bridgehead atoms. The molecule has 1 N–H and O–H groups in total. The number of para-hydroxylation sites is 1. The number of aromatic hydroxyl groups is 1. The Morgan fingerprint density at radius 3 is 2.43 bits per heavy atom. The number of imide groups is 1. The van der Waals surface area contributed by atoms with Crippen molar-refractivity contribution in [2.75, 3.05) is 0 Å². The van der Waals surface area contributed by atoms with Gasteiger partial charge in [-0.1, -0.05) is 49.1 Å². The van der Waals surface area contributed by atoms with Crippen molar-refractivity contribution in [2.45, 2.75) is 63.8 Å². The van der Waals surface area contributed by atoms with Crippen LogP contribution >= 0.6 is 0 Å². The number of benzene rings is 1. The molecule has 1 aromatic rings. The summed E-state index contributed by atoms with van der Waals surface area (Å²) in [6, 6.07) is 6.85. The van der Waals surface area contributed by atoms with Crippen LogP contribution in [0, 0.1) is 17.8 Å². The van der Waals surface area contributed by atoms with Crippen LogP contribution in [0.5, 0.6) is 5.75 Å². The summed E-state index contributed by atoms with van der Waals surface area (Å²) in [5.41, 5.74) is 2.67. The van der Waals surface area contributed by atoms with Gasteiger partial charge in [-0.2, -0.15) is 0 Å². The predicted octanol–water partition coefficient (Wildman–Crippen LogP) is 4.15. The first kappa shape index (κ1) is 22.2. The Bertz CT molecular complexity index is 1260. The van der Waals surface area contributed by atoms with E-state index in [1.54, 1.807) is 36.1 Å². The minimum Gasteiger partial charge on any atom is -0.508 e. The molecular weight excluding hydrogens is 442 g/mol. The van der Waals surface area contributed by atoms with Crippen LogP contribution in [0.2, 0.25) is 0 Å². The number of Topliss-reactive ketones (excluding diaryl/α,β-unsaturated/α-hetero) is 1. The Kier molecular flexibility index (Phi) is 5.17. The van der Waals surface area contributed by atoms with E-state index in [1.807, 2.05) is 6.08 Å². The molecule has 1 saturated carbocycles. The van der Waals surface area contributed by atoms with Gasteiger partial charge in [-0.25, -0.2) is 0 Å². The average Bonchev–Trinajstić information content (AvgIpc) is 3.12. The number of amides is 2. The second kappa shape index (κ2) is 8.14. The molecule has 0 radical (unpaired) electrons. The second-order valence-electron chi connectivity index (χ2n) is 10.6. The smallest absolute Gasteiger partial charge is 0.233 e. The van der Waals surface area contributed by atoms with E-state index < -0.39 is 17.8 Å². The average molecular weight is 472 g/mol. The topological polar surface area (TPSA) is 91.8 Å². The maximum absolute atomic E-state index is 13.8. The fourth-order valence-electron chi connectivity index (χ4n) is 7.17. The van der Waals surface area contributed by atoms with Gasteiger partial charge in [-0.05, 0) is 50.7 Å². The SMILES string of the molecule is CC1=CC(=O)C2=C(C1=O)C(c1ccccc1O)C1=CCC3C(=O)N(C4CCCCC4)C(=O)C3C1C2. The van der Waals surface area contributed by atoms with E-state index in [0.717, 1.165) is 37.7 Å². The van der Waals surface area contributed by atoms with Crippen molar-refractivity contribution in [1.29, 1.82) is 0 Å². The number of nitrogens with zero attached hydrogens (tertiary/aromatic N) is 1. The number of hydrogen-bond acceptors (Lipinski definition) is 5. The van der Waals surface area contributed by atoms with Gasteiger partial charge in [0.25, 0.3) is 0 Å². The van der Waals surface area contributed by atoms with E-state index in [1.165, 1.54) is 6.08 Å². The molecule has 6 rings (SSSR count). The van der Waals surface area contributed by atoms with Crippen molar-refractivity contribution >= 4 is 23.4 Å². The summed E-state index contributed by atoms with van der Waals surface area (Å²) in [7, 11) is 0. The molecule has 4 unspecified atom stereocenters. The highest BCUT2D eigenvalue weighted by molar-refractivity contribution is 6.24. The van der Waals surface area contributed by atoms with Crippen LogP contribution < -0.4 is 0 Å². The third-order valence-corrected chi connectivity index (χ3v) is 8.79. The lowest BCUT2D eigenvalue weighted by Gasteiger charge is -2.42. The summed E-state index contributed by atoms with van der Waals surface area (Å²) in [4.78, 5) is 55.3. The van der Waals surface area contributed by atoms with E-state index >= 15 is 0 Å². The summed E-state index contributed by atoms with van der Waals surface area (Å²) in [5, 5.41) is 10.8. The minimum absolute atomic E-state index is 0.0337. The largest absolute Gasteiger partial charge is 0.508 e. The Morgan fingerprint density at radius 2 is 1.69 bits per heavy atom. The Balaban J connectivity index is 1.47. The first-order chi connectivity index (χ1) is 16.9. The molecule has 4 atom stereocenters. The molecule has 2 amide bonds. The predicted molar refractivity (Wildman–Crippen MR) is 128 cm³/mol. The zero-order valence-electron chi connectivity index (χ0n) is 19.8. The van der Waals surface area contributed by atoms with Gasteiger partial charge in [0.15, 0.2) is 11.6 Å². The normalized spacial score (nSPS) is 31.2. The van der Waals surface area contributed by atoms with Crippen LogP contribution in [-0.2, 0) is 19.2 Å². The highest BCUT2D eigenvalue weighted by Gasteiger charge is 2.57. The molecule has 1 saturated heterocycles. The van der Waals surface area contributed by atoms with Gasteiger partial charge >= 0.3 is 0 Å². The molecular formula is C29H29NO5. The molecule has 1 aromatic carbocycles. The van der Waals surface area contributed by atoms with Crippen LogP contribution in [-0.4, -0.2) is 39.4 Å². The van der Waals surface area contributed by atoms with Crippen molar-refractivity contribution < 1.29 is 24.3 Å². The van der Waals surface area contributed by atoms with E-state index in [0.29, 0.717) is 28.7 Å². The third-order valence-electron chi connectivity index (χ3n) is 8.79. The molecule has 1 heterocycles. The third kappa shape index (κ3) is 3.22. The standard InChI is InChI=1S/C29H29NO5/c1-15-13-23(32)21-14-20-17(24(26(21)27(15)33)18-9-5-6-10-22(18)31)11-12-19-25(20)29(35)30(28(19)34)16-7-3-2-4-8-16/h5-6,9-11,13,16,19-20,24-25,31H,2-4,7-8,12,14H2,1H3. The van der Waals surface area contributed by atoms with Crippen LogP contribution in [0.25, 0.3) is 0 Å². The lowest BCUT2D eigenvalue weighted by Crippen LogP contribution is -2.43. The number of phenolic OH excluding ortho intramolecular Hbond substituents is 1. The van der Waals surface area contributed by atoms with Crippen molar-refractivity contribution in [2.24, 2.45) is 17.8 Å². The number of allylic oxidation sites excluding steroid dienone is 6. The Morgan fingerprint density at radius 1 is 0.943 bits per heavy atom. The van der Waals surface area contributed by atoms with Crippen LogP contribution in [0.3, 0.4) is 0 Å². The van der Waals surface area contributed by atoms with Crippen LogP contribution in [0.4, 0.5) is 0 Å². The van der Waals surface area contributed by atoms with Crippen LogP contribution in [0.1, 0.15) is 63.4 Å². The monoisotopic (exact) mass is 471 g/mol. The van der Waals surface area contributed by atoms with Gasteiger partial charge in [0.05, 0.1) is 11.8 Å². The van der Waals surface area contributed by atoms with Gasteiger partial charge in [0, 0.05) is 34.2 Å². The molecule has 5 aliphatic rings. The number of rotatable bonds is 2. The fourth-order valence-corrected chi connectivity index (χ4v) is 7.17. The van der Waals surface area contributed by atoms with Gasteiger partial charge < -0.3 is 5.11 Å². The summed E-state index contributed by atoms with van der Waals surface area (Å²) in [6.07, 6.45) is 9.00. The van der Waals surface area contributed by atoms with Gasteiger partial charge in [-0.15, -0.1) is 0 Å². The number of ketones is 2. The molecule has 0 spiro atoms. The van der Waals surface area contributed by atoms with E-state index in [4.69, 9.17) is 0 Å². The Hall–Kier alpha value is -3.28. The number of hydrogen-bond donors (Lipinski definition) is 1. The maximum atomic E-state index is 13.8. The van der Waals surface area contributed by atoms with Gasteiger partial charge in [-0.3, -0.25) is 24.1 Å². The number of phenols is 1. The van der Waals surface area contributed by atoms with E-state index in [2.05, 4.69) is 0 Å². The first-order valence-corrected chi connectivity index (χ1v) is 12.7. The quantitative estimate of drug-likeness (QED) is 0.397. The van der Waals surface area contributed by atoms with Crippen LogP contribution in [0.15, 0.2) is 58.7 Å². The molecule has 6 heteroatoms. The molecule has 0 aromatic heterocycles. The van der Waals surface area contributed by atoms with Gasteiger partial charge in [0.1, 0.15) is 5.75 Å². The molecule has 6 nitrogen and oxygen atoms in total. The number of carbonyl (C=O) groups is 4. The zero-order valence-corrected chi connectivity index (χ0v) is 19.8. The molecule has 35 heavy (non-hydrogen) atoms. The van der Waals surface area contributed by atoms with E-state index in [9.17, 15) is 24.3 Å². The van der Waals surface area contributed by atoms with Crippen molar-refractivity contribution in [3.05, 3.63) is 64.3 Å². The highest BCUT2D eigenvalue weighted by Crippen LogP contribution is 2.56. The summed E-state index contributed by atoms with van der Waals surface area (Å²) in [5.74, 6) is -2.43. The molecule has 2 fully saturated rings. The second-order valence-corrected chi connectivity index (χ2v) is 10.6. The lowest BCUT2D eigenvalue weighted by molar-refractivity contribution is -0.143. The van der Waals surface area contributed by atoms with Crippen molar-refractivity contribution in [3.8, 4) is 5.75 Å². The summed E-state index contributed by atoms with van der Waals surface area (Å²) < 4.78 is 0. The molecule has 4 aliphatic carbocycles. The minimum atomic E-state index is -0.599. The number of likely N-dealkylation sites (tertiary alicyclic amines) is 1. The van der Waals surface area contributed by atoms with E-state index in [-0.39, 0.29) is 47.5 Å². The fraction of sp³-hybridized carbons (Fsp3) is 0.448. The number of fused-ring (bicyclic) bond motifs is 3. The highest BCUT2D eigenvalue weighted by atomic mass is 16.3. The number of carbonyl (C=O) groups excluding carboxylic acids is 4. The summed E-state index contributed by atoms with van der Waals surface area (Å²) in [6.45, 7) is 1.64. The lowest BCUT2D eigenvalue weighted by atomic mass is 9.59. The molecule has 180 valence electrons. The molecule has 1 aliphatic heterocycles. The Labute approximate surface area is 204 Å². The zero-order chi connectivity index (χ0) is 24.4. The summed E-state index contributed by atoms with van der Waals surface area (Å²) >= 11 is 0. The van der Waals surface area contributed by atoms with Gasteiger partial charge in [0.2, 0.25) is 11.8 Å². The first-order valence-electron chi connectivity index (χ1n) is 12.7.